The number of hydrogen-bond acceptors (Lipinski definition) is 4. The third-order valence-electron chi connectivity index (χ3n) is 4.07. The second-order valence-electron chi connectivity index (χ2n) is 6.62. The van der Waals surface area contributed by atoms with Crippen LogP contribution < -0.4 is 14.8 Å². The van der Waals surface area contributed by atoms with Gasteiger partial charge in [-0.25, -0.2) is 0 Å². The van der Waals surface area contributed by atoms with E-state index in [1.807, 2.05) is 64.3 Å². The molecule has 0 aromatic heterocycles. The van der Waals surface area contributed by atoms with E-state index in [4.69, 9.17) is 9.47 Å². The van der Waals surface area contributed by atoms with Crippen molar-refractivity contribution < 1.29 is 14.3 Å². The maximum atomic E-state index is 12.5. The van der Waals surface area contributed by atoms with Crippen LogP contribution in [0.4, 0.5) is 0 Å². The quantitative estimate of drug-likeness (QED) is 0.786. The highest BCUT2D eigenvalue weighted by Gasteiger charge is 2.19. The number of carbonyl (C=O) groups excluding carboxylic acids is 1. The minimum absolute atomic E-state index is 0.0126. The number of ether oxygens (including phenoxy) is 2. The number of carbonyl (C=O) groups is 1. The number of benzene rings is 2. The van der Waals surface area contributed by atoms with Gasteiger partial charge in [0.05, 0.1) is 19.3 Å². The zero-order valence-electron chi connectivity index (χ0n) is 16.2. The van der Waals surface area contributed by atoms with E-state index >= 15 is 0 Å². The molecule has 2 aromatic rings. The SMILES string of the molecule is COc1ccccc1[C@@H](CNC(=O)c1ccc(OC(C)C)cc1)N(C)C. The fourth-order valence-electron chi connectivity index (χ4n) is 2.76. The molecular formula is C21H28N2O3. The number of hydrogen-bond donors (Lipinski definition) is 1. The van der Waals surface area contributed by atoms with Crippen molar-refractivity contribution in [2.75, 3.05) is 27.7 Å². The van der Waals surface area contributed by atoms with E-state index in [1.54, 1.807) is 19.2 Å². The van der Waals surface area contributed by atoms with Gasteiger partial charge in [0.25, 0.3) is 5.91 Å². The molecular weight excluding hydrogens is 328 g/mol. The Labute approximate surface area is 155 Å². The van der Waals surface area contributed by atoms with Crippen molar-refractivity contribution in [1.29, 1.82) is 0 Å². The summed E-state index contributed by atoms with van der Waals surface area (Å²) in [4.78, 5) is 14.6. The lowest BCUT2D eigenvalue weighted by molar-refractivity contribution is 0.0941. The first-order valence-corrected chi connectivity index (χ1v) is 8.76. The molecule has 2 aromatic carbocycles. The fourth-order valence-corrected chi connectivity index (χ4v) is 2.76. The van der Waals surface area contributed by atoms with Gasteiger partial charge in [-0.3, -0.25) is 4.79 Å². The van der Waals surface area contributed by atoms with E-state index in [9.17, 15) is 4.79 Å². The van der Waals surface area contributed by atoms with E-state index in [0.717, 1.165) is 17.1 Å². The van der Waals surface area contributed by atoms with Crippen molar-refractivity contribution in [1.82, 2.24) is 10.2 Å². The van der Waals surface area contributed by atoms with E-state index in [1.165, 1.54) is 0 Å². The zero-order chi connectivity index (χ0) is 19.1. The molecule has 0 aliphatic carbocycles. The second-order valence-corrected chi connectivity index (χ2v) is 6.62. The van der Waals surface area contributed by atoms with Gasteiger partial charge in [-0.1, -0.05) is 18.2 Å². The Morgan fingerprint density at radius 1 is 1.08 bits per heavy atom. The highest BCUT2D eigenvalue weighted by Crippen LogP contribution is 2.27. The van der Waals surface area contributed by atoms with Crippen LogP contribution in [0.5, 0.6) is 11.5 Å². The van der Waals surface area contributed by atoms with Gasteiger partial charge < -0.3 is 19.7 Å². The van der Waals surface area contributed by atoms with Crippen LogP contribution in [-0.4, -0.2) is 44.7 Å². The minimum atomic E-state index is -0.108. The Kier molecular flexibility index (Phi) is 7.04. The van der Waals surface area contributed by atoms with Gasteiger partial charge in [0, 0.05) is 17.7 Å². The first-order valence-electron chi connectivity index (χ1n) is 8.76. The van der Waals surface area contributed by atoms with Crippen LogP contribution in [0.15, 0.2) is 48.5 Å². The van der Waals surface area contributed by atoms with Crippen LogP contribution >= 0.6 is 0 Å². The first-order chi connectivity index (χ1) is 12.4. The van der Waals surface area contributed by atoms with Gasteiger partial charge in [-0.05, 0) is 58.3 Å². The summed E-state index contributed by atoms with van der Waals surface area (Å²) in [5.41, 5.74) is 1.65. The maximum Gasteiger partial charge on any atom is 0.251 e. The summed E-state index contributed by atoms with van der Waals surface area (Å²) in [7, 11) is 5.63. The van der Waals surface area contributed by atoms with Crippen molar-refractivity contribution in [3.8, 4) is 11.5 Å². The smallest absolute Gasteiger partial charge is 0.251 e. The van der Waals surface area contributed by atoms with Gasteiger partial charge in [-0.2, -0.15) is 0 Å². The van der Waals surface area contributed by atoms with Crippen molar-refractivity contribution in [3.63, 3.8) is 0 Å². The van der Waals surface area contributed by atoms with Crippen LogP contribution in [-0.2, 0) is 0 Å². The van der Waals surface area contributed by atoms with Gasteiger partial charge in [0.1, 0.15) is 11.5 Å². The molecule has 0 fully saturated rings. The molecule has 0 saturated carbocycles. The van der Waals surface area contributed by atoms with Crippen molar-refractivity contribution in [3.05, 3.63) is 59.7 Å². The Morgan fingerprint density at radius 2 is 1.73 bits per heavy atom. The minimum Gasteiger partial charge on any atom is -0.496 e. The number of methoxy groups -OCH3 is 1. The summed E-state index contributed by atoms with van der Waals surface area (Å²) in [6, 6.07) is 15.1. The standard InChI is InChI=1S/C21H28N2O3/c1-15(2)26-17-12-10-16(11-13-17)21(24)22-14-19(23(3)4)18-8-6-7-9-20(18)25-5/h6-13,15,19H,14H2,1-5H3,(H,22,24)/t19-/m1/s1. The molecule has 5 heteroatoms. The van der Waals surface area contributed by atoms with Crippen molar-refractivity contribution in [2.24, 2.45) is 0 Å². The van der Waals surface area contributed by atoms with E-state index in [2.05, 4.69) is 10.2 Å². The fraction of sp³-hybridized carbons (Fsp3) is 0.381. The lowest BCUT2D eigenvalue weighted by atomic mass is 10.0. The first kappa shape index (κ1) is 19.8. The number of nitrogens with one attached hydrogen (secondary N) is 1. The van der Waals surface area contributed by atoms with E-state index in [0.29, 0.717) is 12.1 Å². The third-order valence-corrected chi connectivity index (χ3v) is 4.07. The predicted molar refractivity (Wildman–Crippen MR) is 104 cm³/mol. The summed E-state index contributed by atoms with van der Waals surface area (Å²) in [6.07, 6.45) is 0.108. The van der Waals surface area contributed by atoms with Crippen molar-refractivity contribution >= 4 is 5.91 Å². The summed E-state index contributed by atoms with van der Waals surface area (Å²) in [5, 5.41) is 3.01. The second kappa shape index (κ2) is 9.25. The number of amides is 1. The Morgan fingerprint density at radius 3 is 2.31 bits per heavy atom. The van der Waals surface area contributed by atoms with Gasteiger partial charge in [0.2, 0.25) is 0 Å². The Balaban J connectivity index is 2.05. The van der Waals surface area contributed by atoms with Crippen LogP contribution in [0.3, 0.4) is 0 Å². The van der Waals surface area contributed by atoms with E-state index in [-0.39, 0.29) is 18.1 Å². The normalized spacial score (nSPS) is 12.1. The molecule has 1 amide bonds. The van der Waals surface area contributed by atoms with Crippen LogP contribution in [0, 0.1) is 0 Å². The number of likely N-dealkylation sites (N-methyl/N-ethyl adjacent to an activating group) is 1. The monoisotopic (exact) mass is 356 g/mol. The summed E-state index contributed by atoms with van der Waals surface area (Å²) in [6.45, 7) is 4.43. The molecule has 0 radical (unpaired) electrons. The molecule has 0 aliphatic rings. The van der Waals surface area contributed by atoms with Crippen LogP contribution in [0.2, 0.25) is 0 Å². The summed E-state index contributed by atoms with van der Waals surface area (Å²) in [5.74, 6) is 1.47. The maximum absolute atomic E-state index is 12.5. The zero-order valence-corrected chi connectivity index (χ0v) is 16.2. The molecule has 1 atom stereocenters. The lowest BCUT2D eigenvalue weighted by Gasteiger charge is -2.26. The molecule has 0 saturated heterocycles. The molecule has 2 rings (SSSR count). The summed E-state index contributed by atoms with van der Waals surface area (Å²) >= 11 is 0. The average molecular weight is 356 g/mol. The lowest BCUT2D eigenvalue weighted by Crippen LogP contribution is -2.34. The van der Waals surface area contributed by atoms with E-state index < -0.39 is 0 Å². The molecule has 0 spiro atoms. The van der Waals surface area contributed by atoms with Gasteiger partial charge >= 0.3 is 0 Å². The molecule has 1 N–H and O–H groups in total. The molecule has 0 aliphatic heterocycles. The Bertz CT molecular complexity index is 711. The molecule has 0 unspecified atom stereocenters. The summed E-state index contributed by atoms with van der Waals surface area (Å²) < 4.78 is 11.1. The van der Waals surface area contributed by atoms with Crippen LogP contribution in [0.25, 0.3) is 0 Å². The average Bonchev–Trinajstić information content (AvgIpc) is 2.62. The van der Waals surface area contributed by atoms with Gasteiger partial charge in [-0.15, -0.1) is 0 Å². The molecule has 5 nitrogen and oxygen atoms in total. The molecule has 0 heterocycles. The largest absolute Gasteiger partial charge is 0.496 e. The highest BCUT2D eigenvalue weighted by molar-refractivity contribution is 5.94. The highest BCUT2D eigenvalue weighted by atomic mass is 16.5. The Hall–Kier alpha value is -2.53. The predicted octanol–water partition coefficient (Wildman–Crippen LogP) is 3.52. The van der Waals surface area contributed by atoms with Crippen LogP contribution in [0.1, 0.15) is 35.8 Å². The molecule has 0 bridgehead atoms. The number of nitrogens with zero attached hydrogens (tertiary/aromatic N) is 1. The third kappa shape index (κ3) is 5.23. The van der Waals surface area contributed by atoms with Crippen molar-refractivity contribution in [2.45, 2.75) is 26.0 Å². The van der Waals surface area contributed by atoms with Gasteiger partial charge in [0.15, 0.2) is 0 Å². The molecule has 140 valence electrons. The topological polar surface area (TPSA) is 50.8 Å². The molecule has 26 heavy (non-hydrogen) atoms. The number of para-hydroxylation sites is 1. The number of rotatable bonds is 8.